The zero-order valence-electron chi connectivity index (χ0n) is 14.4. The average Bonchev–Trinajstić information content (AvgIpc) is 2.76. The van der Waals surface area contributed by atoms with Gasteiger partial charge in [0.1, 0.15) is 5.76 Å². The molecule has 0 atom stereocenters. The molecule has 0 unspecified atom stereocenters. The van der Waals surface area contributed by atoms with Crippen LogP contribution in [0.15, 0.2) is 4.52 Å². The normalized spacial score (nSPS) is 15.8. The minimum Gasteiger partial charge on any atom is -0.455 e. The number of amides is 1. The van der Waals surface area contributed by atoms with E-state index in [1.54, 1.807) is 0 Å². The first kappa shape index (κ1) is 18.8. The summed E-state index contributed by atoms with van der Waals surface area (Å²) in [7, 11) is 0. The summed E-state index contributed by atoms with van der Waals surface area (Å²) in [5, 5.41) is 6.84. The number of hydrogen-bond donors (Lipinski definition) is 1. The monoisotopic (exact) mass is 354 g/mol. The second kappa shape index (κ2) is 9.71. The van der Waals surface area contributed by atoms with Crippen molar-refractivity contribution in [1.82, 2.24) is 10.5 Å². The maximum Gasteiger partial charge on any atom is 0.316 e. The number of carbonyl (C=O) groups is 2. The van der Waals surface area contributed by atoms with Gasteiger partial charge >= 0.3 is 5.97 Å². The molecule has 1 N–H and O–H groups in total. The van der Waals surface area contributed by atoms with Crippen molar-refractivity contribution >= 4 is 23.6 Å². The lowest BCUT2D eigenvalue weighted by Gasteiger charge is -2.16. The lowest BCUT2D eigenvalue weighted by atomic mass is 10.1. The van der Waals surface area contributed by atoms with E-state index in [1.165, 1.54) is 24.6 Å². The lowest BCUT2D eigenvalue weighted by Crippen LogP contribution is -2.37. The molecule has 0 aromatic carbocycles. The van der Waals surface area contributed by atoms with E-state index in [0.29, 0.717) is 5.75 Å². The number of esters is 1. The second-order valence-electron chi connectivity index (χ2n) is 6.21. The molecule has 1 amide bonds. The van der Waals surface area contributed by atoms with Crippen LogP contribution in [-0.4, -0.2) is 35.4 Å². The molecule has 0 spiro atoms. The first-order chi connectivity index (χ1) is 11.6. The molecule has 24 heavy (non-hydrogen) atoms. The first-order valence-corrected chi connectivity index (χ1v) is 9.66. The minimum atomic E-state index is -0.372. The van der Waals surface area contributed by atoms with Gasteiger partial charge in [0.05, 0.1) is 11.4 Å². The van der Waals surface area contributed by atoms with E-state index in [2.05, 4.69) is 10.5 Å². The van der Waals surface area contributed by atoms with Crippen LogP contribution in [0.5, 0.6) is 0 Å². The molecule has 2 rings (SSSR count). The van der Waals surface area contributed by atoms with E-state index in [9.17, 15) is 9.59 Å². The van der Waals surface area contributed by atoms with Gasteiger partial charge in [-0.3, -0.25) is 9.59 Å². The molecule has 0 bridgehead atoms. The third kappa shape index (κ3) is 6.19. The average molecular weight is 354 g/mol. The fourth-order valence-electron chi connectivity index (χ4n) is 2.83. The number of aryl methyl sites for hydroxylation is 2. The van der Waals surface area contributed by atoms with Gasteiger partial charge < -0.3 is 14.6 Å². The molecule has 1 heterocycles. The largest absolute Gasteiger partial charge is 0.455 e. The van der Waals surface area contributed by atoms with Gasteiger partial charge in [0, 0.05) is 17.4 Å². The Hall–Kier alpha value is -1.50. The van der Waals surface area contributed by atoms with Crippen molar-refractivity contribution in [3.63, 3.8) is 0 Å². The lowest BCUT2D eigenvalue weighted by molar-refractivity contribution is -0.146. The number of nitrogens with one attached hydrogen (secondary N) is 1. The van der Waals surface area contributed by atoms with Gasteiger partial charge in [0.25, 0.3) is 5.91 Å². The van der Waals surface area contributed by atoms with Gasteiger partial charge in [-0.05, 0) is 26.7 Å². The summed E-state index contributed by atoms with van der Waals surface area (Å²) in [6, 6.07) is 0.229. The second-order valence-corrected chi connectivity index (χ2v) is 7.20. The highest BCUT2D eigenvalue weighted by molar-refractivity contribution is 7.99. The van der Waals surface area contributed by atoms with Gasteiger partial charge in [0.15, 0.2) is 6.61 Å². The van der Waals surface area contributed by atoms with E-state index >= 15 is 0 Å². The number of thioether (sulfide) groups is 1. The Morgan fingerprint density at radius 3 is 2.58 bits per heavy atom. The van der Waals surface area contributed by atoms with E-state index in [-0.39, 0.29) is 30.3 Å². The number of carbonyl (C=O) groups excluding carboxylic acids is 2. The molecule has 134 valence electrons. The Labute approximate surface area is 147 Å². The summed E-state index contributed by atoms with van der Waals surface area (Å²) in [5.74, 6) is 1.05. The van der Waals surface area contributed by atoms with Crippen molar-refractivity contribution in [2.45, 2.75) is 64.2 Å². The minimum absolute atomic E-state index is 0.193. The smallest absolute Gasteiger partial charge is 0.316 e. The van der Waals surface area contributed by atoms with Crippen LogP contribution in [-0.2, 0) is 20.1 Å². The van der Waals surface area contributed by atoms with Gasteiger partial charge in [-0.25, -0.2) is 0 Å². The highest BCUT2D eigenvalue weighted by atomic mass is 32.2. The Balaban J connectivity index is 1.61. The maximum atomic E-state index is 11.9. The molecule has 1 aliphatic carbocycles. The summed E-state index contributed by atoms with van der Waals surface area (Å²) < 4.78 is 10.1. The highest BCUT2D eigenvalue weighted by Gasteiger charge is 2.16. The Kier molecular flexibility index (Phi) is 7.62. The SMILES string of the molecule is Cc1noc(C)c1CSCC(=O)OCC(=O)NC1CCCCCC1. The number of hydrogen-bond acceptors (Lipinski definition) is 6. The van der Waals surface area contributed by atoms with Crippen molar-refractivity contribution in [2.75, 3.05) is 12.4 Å². The summed E-state index contributed by atoms with van der Waals surface area (Å²) >= 11 is 1.43. The van der Waals surface area contributed by atoms with E-state index in [1.807, 2.05) is 13.8 Å². The number of rotatable bonds is 7. The molecule has 0 radical (unpaired) electrons. The molecule has 6 nitrogen and oxygen atoms in total. The number of aromatic nitrogens is 1. The van der Waals surface area contributed by atoms with Gasteiger partial charge in [-0.15, -0.1) is 11.8 Å². The molecule has 0 saturated heterocycles. The van der Waals surface area contributed by atoms with Crippen molar-refractivity contribution in [1.29, 1.82) is 0 Å². The molecular formula is C17H26N2O4S. The van der Waals surface area contributed by atoms with Crippen LogP contribution >= 0.6 is 11.8 Å². The fourth-order valence-corrected chi connectivity index (χ4v) is 3.79. The topological polar surface area (TPSA) is 81.4 Å². The Morgan fingerprint density at radius 2 is 1.96 bits per heavy atom. The van der Waals surface area contributed by atoms with Crippen LogP contribution in [0.2, 0.25) is 0 Å². The summed E-state index contributed by atoms with van der Waals surface area (Å²) in [6.45, 7) is 3.54. The number of ether oxygens (including phenoxy) is 1. The van der Waals surface area contributed by atoms with Crippen LogP contribution in [0.3, 0.4) is 0 Å². The molecule has 1 aromatic rings. The van der Waals surface area contributed by atoms with Crippen LogP contribution in [0.4, 0.5) is 0 Å². The summed E-state index contributed by atoms with van der Waals surface area (Å²) in [5.41, 5.74) is 1.86. The Bertz CT molecular complexity index is 531. The predicted octanol–water partition coefficient (Wildman–Crippen LogP) is 2.91. The van der Waals surface area contributed by atoms with Crippen molar-refractivity contribution in [2.24, 2.45) is 0 Å². The standard InChI is InChI=1S/C17H26N2O4S/c1-12-15(13(2)23-19-12)10-24-11-17(21)22-9-16(20)18-14-7-5-3-4-6-8-14/h14H,3-11H2,1-2H3,(H,18,20). The van der Waals surface area contributed by atoms with E-state index in [4.69, 9.17) is 9.26 Å². The molecule has 1 saturated carbocycles. The molecular weight excluding hydrogens is 328 g/mol. The predicted molar refractivity (Wildman–Crippen MR) is 92.7 cm³/mol. The Morgan fingerprint density at radius 1 is 1.25 bits per heavy atom. The van der Waals surface area contributed by atoms with Crippen molar-refractivity contribution < 1.29 is 18.8 Å². The van der Waals surface area contributed by atoms with E-state index in [0.717, 1.165) is 42.7 Å². The van der Waals surface area contributed by atoms with Crippen LogP contribution in [0.1, 0.15) is 55.5 Å². The molecule has 0 aliphatic heterocycles. The molecule has 1 aliphatic rings. The maximum absolute atomic E-state index is 11.9. The van der Waals surface area contributed by atoms with Crippen molar-refractivity contribution in [3.05, 3.63) is 17.0 Å². The zero-order chi connectivity index (χ0) is 17.4. The van der Waals surface area contributed by atoms with Gasteiger partial charge in [0.2, 0.25) is 0 Å². The van der Waals surface area contributed by atoms with Crippen LogP contribution < -0.4 is 5.32 Å². The summed E-state index contributed by atoms with van der Waals surface area (Å²) in [6.07, 6.45) is 6.83. The van der Waals surface area contributed by atoms with Gasteiger partial charge in [-0.2, -0.15) is 0 Å². The zero-order valence-corrected chi connectivity index (χ0v) is 15.2. The third-order valence-electron chi connectivity index (χ3n) is 4.23. The fraction of sp³-hybridized carbons (Fsp3) is 0.706. The molecule has 1 aromatic heterocycles. The first-order valence-electron chi connectivity index (χ1n) is 8.50. The summed E-state index contributed by atoms with van der Waals surface area (Å²) in [4.78, 5) is 23.6. The van der Waals surface area contributed by atoms with Crippen LogP contribution in [0, 0.1) is 13.8 Å². The third-order valence-corrected chi connectivity index (χ3v) is 5.16. The van der Waals surface area contributed by atoms with Crippen LogP contribution in [0.25, 0.3) is 0 Å². The quantitative estimate of drug-likeness (QED) is 0.599. The highest BCUT2D eigenvalue weighted by Crippen LogP contribution is 2.19. The molecule has 7 heteroatoms. The van der Waals surface area contributed by atoms with E-state index < -0.39 is 0 Å². The number of nitrogens with zero attached hydrogens (tertiary/aromatic N) is 1. The van der Waals surface area contributed by atoms with Gasteiger partial charge in [-0.1, -0.05) is 30.8 Å². The van der Waals surface area contributed by atoms with Crippen molar-refractivity contribution in [3.8, 4) is 0 Å². The molecule has 1 fully saturated rings.